The quantitative estimate of drug-likeness (QED) is 0.346. The zero-order valence-electron chi connectivity index (χ0n) is 14.5. The van der Waals surface area contributed by atoms with Gasteiger partial charge in [-0.3, -0.25) is 4.57 Å². The molecule has 0 amide bonds. The van der Waals surface area contributed by atoms with Gasteiger partial charge in [0.15, 0.2) is 0 Å². The zero-order chi connectivity index (χ0) is 18.7. The maximum Gasteiger partial charge on any atom is 0.361 e. The minimum atomic E-state index is -3.45. The molecule has 3 aromatic rings. The lowest BCUT2D eigenvalue weighted by Crippen LogP contribution is -2.14. The highest BCUT2D eigenvalue weighted by atomic mass is 79.9. The first-order valence-corrected chi connectivity index (χ1v) is 11.5. The van der Waals surface area contributed by atoms with E-state index in [1.807, 2.05) is 68.4 Å². The summed E-state index contributed by atoms with van der Waals surface area (Å²) in [6, 6.07) is 17.8. The zero-order valence-corrected chi connectivity index (χ0v) is 18.6. The molecular weight excluding hydrogens is 479 g/mol. The summed E-state index contributed by atoms with van der Waals surface area (Å²) in [5, 5.41) is 2.56. The molecule has 0 aliphatic carbocycles. The molecule has 0 bridgehead atoms. The Labute approximate surface area is 170 Å². The summed E-state index contributed by atoms with van der Waals surface area (Å²) in [6.45, 7) is 4.26. The van der Waals surface area contributed by atoms with E-state index in [-0.39, 0.29) is 0 Å². The topological polar surface area (TPSA) is 35.5 Å². The van der Waals surface area contributed by atoms with Gasteiger partial charge in [-0.25, -0.2) is 0 Å². The van der Waals surface area contributed by atoms with Crippen molar-refractivity contribution in [1.82, 2.24) is 0 Å². The minimum Gasteiger partial charge on any atom is -0.305 e. The van der Waals surface area contributed by atoms with Crippen molar-refractivity contribution in [2.45, 2.75) is 13.8 Å². The maximum atomic E-state index is 13.6. The van der Waals surface area contributed by atoms with Crippen molar-refractivity contribution in [2.24, 2.45) is 0 Å². The van der Waals surface area contributed by atoms with Gasteiger partial charge in [-0.05, 0) is 60.0 Å². The second-order valence-corrected chi connectivity index (χ2v) is 9.35. The highest BCUT2D eigenvalue weighted by Gasteiger charge is 2.31. The summed E-state index contributed by atoms with van der Waals surface area (Å²) in [6.07, 6.45) is 0. The van der Waals surface area contributed by atoms with Crippen LogP contribution < -0.4 is 5.30 Å². The van der Waals surface area contributed by atoms with E-state index in [1.165, 1.54) is 0 Å². The highest BCUT2D eigenvalue weighted by Crippen LogP contribution is 2.50. The molecule has 0 saturated carbocycles. The number of halogens is 2. The van der Waals surface area contributed by atoms with Crippen LogP contribution >= 0.6 is 39.5 Å². The third-order valence-electron chi connectivity index (χ3n) is 4.00. The molecular formula is C20H19Br2O3P. The van der Waals surface area contributed by atoms with Crippen LogP contribution in [0.5, 0.6) is 0 Å². The van der Waals surface area contributed by atoms with Crippen molar-refractivity contribution in [3.63, 3.8) is 0 Å². The Hall–Kier alpha value is -0.970. The molecule has 0 aromatic heterocycles. The monoisotopic (exact) mass is 496 g/mol. The molecule has 0 unspecified atom stereocenters. The van der Waals surface area contributed by atoms with Crippen LogP contribution in [-0.2, 0) is 13.6 Å². The van der Waals surface area contributed by atoms with Crippen molar-refractivity contribution in [1.29, 1.82) is 0 Å². The Morgan fingerprint density at radius 2 is 1.38 bits per heavy atom. The summed E-state index contributed by atoms with van der Waals surface area (Å²) in [4.78, 5) is 0. The normalized spacial score (nSPS) is 11.8. The summed E-state index contributed by atoms with van der Waals surface area (Å²) < 4.78 is 26.8. The molecule has 6 heteroatoms. The highest BCUT2D eigenvalue weighted by molar-refractivity contribution is 9.11. The second-order valence-electron chi connectivity index (χ2n) is 5.64. The van der Waals surface area contributed by atoms with Crippen molar-refractivity contribution < 1.29 is 13.6 Å². The van der Waals surface area contributed by atoms with Crippen LogP contribution in [0.2, 0.25) is 0 Å². The van der Waals surface area contributed by atoms with Crippen molar-refractivity contribution in [2.75, 3.05) is 13.2 Å². The Morgan fingerprint density at radius 1 is 0.846 bits per heavy atom. The fraction of sp³-hybridized carbons (Fsp3) is 0.200. The first-order chi connectivity index (χ1) is 12.5. The van der Waals surface area contributed by atoms with E-state index in [0.717, 1.165) is 30.8 Å². The van der Waals surface area contributed by atoms with Gasteiger partial charge < -0.3 is 9.05 Å². The number of fused-ring (bicyclic) bond motifs is 1. The van der Waals surface area contributed by atoms with Crippen LogP contribution in [0.15, 0.2) is 63.5 Å². The van der Waals surface area contributed by atoms with E-state index in [4.69, 9.17) is 9.05 Å². The van der Waals surface area contributed by atoms with E-state index in [9.17, 15) is 4.57 Å². The van der Waals surface area contributed by atoms with Crippen molar-refractivity contribution >= 4 is 55.5 Å². The molecule has 0 spiro atoms. The van der Waals surface area contributed by atoms with E-state index in [1.54, 1.807) is 0 Å². The van der Waals surface area contributed by atoms with E-state index < -0.39 is 7.60 Å². The van der Waals surface area contributed by atoms with E-state index in [2.05, 4.69) is 31.9 Å². The maximum absolute atomic E-state index is 13.6. The molecule has 0 aliphatic rings. The van der Waals surface area contributed by atoms with Crippen LogP contribution in [-0.4, -0.2) is 13.2 Å². The smallest absolute Gasteiger partial charge is 0.305 e. The number of rotatable bonds is 6. The average Bonchev–Trinajstić information content (AvgIpc) is 2.65. The summed E-state index contributed by atoms with van der Waals surface area (Å²) in [5.74, 6) is 0. The van der Waals surface area contributed by atoms with Gasteiger partial charge >= 0.3 is 7.60 Å². The van der Waals surface area contributed by atoms with Gasteiger partial charge in [0, 0.05) is 8.95 Å². The standard InChI is InChI=1S/C20H19Br2O3P/c1-3-24-26(23,25-4-2)20-13-17-16(18(21)10-11-19(17)22)12-15(20)14-8-6-5-7-9-14/h5-13H,3-4H2,1-2H3. The van der Waals surface area contributed by atoms with Gasteiger partial charge in [-0.15, -0.1) is 0 Å². The third-order valence-corrected chi connectivity index (χ3v) is 7.54. The summed E-state index contributed by atoms with van der Waals surface area (Å²) >= 11 is 7.22. The number of hydrogen-bond donors (Lipinski definition) is 0. The van der Waals surface area contributed by atoms with Gasteiger partial charge in [-0.1, -0.05) is 62.2 Å². The van der Waals surface area contributed by atoms with Crippen LogP contribution in [0.4, 0.5) is 0 Å². The van der Waals surface area contributed by atoms with Gasteiger partial charge in [0.05, 0.1) is 18.5 Å². The van der Waals surface area contributed by atoms with Crippen LogP contribution in [0.1, 0.15) is 13.8 Å². The van der Waals surface area contributed by atoms with E-state index in [0.29, 0.717) is 18.5 Å². The molecule has 3 nitrogen and oxygen atoms in total. The van der Waals surface area contributed by atoms with Gasteiger partial charge in [0.1, 0.15) is 0 Å². The molecule has 0 atom stereocenters. The molecule has 0 radical (unpaired) electrons. The molecule has 0 saturated heterocycles. The predicted molar refractivity (Wildman–Crippen MR) is 115 cm³/mol. The van der Waals surface area contributed by atoms with Crippen LogP contribution in [0, 0.1) is 0 Å². The fourth-order valence-corrected chi connectivity index (χ4v) is 5.63. The molecule has 3 rings (SSSR count). The van der Waals surface area contributed by atoms with Crippen molar-refractivity contribution in [3.8, 4) is 11.1 Å². The van der Waals surface area contributed by atoms with Crippen molar-refractivity contribution in [3.05, 3.63) is 63.5 Å². The molecule has 26 heavy (non-hydrogen) atoms. The second kappa shape index (κ2) is 8.37. The molecule has 0 heterocycles. The number of hydrogen-bond acceptors (Lipinski definition) is 3. The van der Waals surface area contributed by atoms with Crippen LogP contribution in [0.3, 0.4) is 0 Å². The Bertz CT molecular complexity index is 964. The molecule has 136 valence electrons. The van der Waals surface area contributed by atoms with Crippen LogP contribution in [0.25, 0.3) is 21.9 Å². The Kier molecular flexibility index (Phi) is 6.37. The lowest BCUT2D eigenvalue weighted by atomic mass is 10.0. The first kappa shape index (κ1) is 19.8. The van der Waals surface area contributed by atoms with E-state index >= 15 is 0 Å². The van der Waals surface area contributed by atoms with Gasteiger partial charge in [0.2, 0.25) is 0 Å². The molecule has 0 fully saturated rings. The molecule has 0 N–H and O–H groups in total. The minimum absolute atomic E-state index is 0.309. The average molecular weight is 498 g/mol. The SMILES string of the molecule is CCOP(=O)(OCC)c1cc2c(Br)ccc(Br)c2cc1-c1ccccc1. The van der Waals surface area contributed by atoms with Gasteiger partial charge in [-0.2, -0.15) is 0 Å². The predicted octanol–water partition coefficient (Wildman–Crippen LogP) is 6.92. The molecule has 3 aromatic carbocycles. The summed E-state index contributed by atoms with van der Waals surface area (Å²) in [7, 11) is -3.45. The Balaban J connectivity index is 2.38. The lowest BCUT2D eigenvalue weighted by molar-refractivity contribution is 0.230. The van der Waals surface area contributed by atoms with Gasteiger partial charge in [0.25, 0.3) is 0 Å². The molecule has 0 aliphatic heterocycles. The lowest BCUT2D eigenvalue weighted by Gasteiger charge is -2.21. The Morgan fingerprint density at radius 3 is 1.92 bits per heavy atom. The fourth-order valence-electron chi connectivity index (χ4n) is 2.90. The first-order valence-electron chi connectivity index (χ1n) is 8.37. The largest absolute Gasteiger partial charge is 0.361 e. The number of benzene rings is 3. The summed E-state index contributed by atoms with van der Waals surface area (Å²) in [5.41, 5.74) is 1.82. The third kappa shape index (κ3) is 3.83.